The molecule has 0 aliphatic carbocycles. The molecule has 1 aromatic carbocycles. The molecule has 1 aromatic heterocycles. The van der Waals surface area contributed by atoms with Crippen molar-refractivity contribution in [2.75, 3.05) is 5.75 Å². The number of fused-ring (bicyclic) bond motifs is 1. The van der Waals surface area contributed by atoms with Gasteiger partial charge in [0, 0.05) is 17.7 Å². The van der Waals surface area contributed by atoms with Gasteiger partial charge in [-0.1, -0.05) is 24.3 Å². The number of rotatable bonds is 8. The molecule has 1 amide bonds. The molecule has 0 saturated carbocycles. The second-order valence-corrected chi connectivity index (χ2v) is 10.1. The predicted octanol–water partition coefficient (Wildman–Crippen LogP) is 0.860. The van der Waals surface area contributed by atoms with Gasteiger partial charge in [0.1, 0.15) is 5.70 Å². The number of aliphatic hydroxyl groups excluding tert-OH is 1. The van der Waals surface area contributed by atoms with Crippen LogP contribution in [0.1, 0.15) is 30.0 Å². The number of aromatic nitrogens is 1. The molecule has 3 N–H and O–H groups in total. The number of pyridine rings is 1. The highest BCUT2D eigenvalue weighted by atomic mass is 32.2. The Kier molecular flexibility index (Phi) is 6.08. The quantitative estimate of drug-likeness (QED) is 0.294. The average molecular weight is 474 g/mol. The lowest BCUT2D eigenvalue weighted by Crippen LogP contribution is -2.61. The molecule has 33 heavy (non-hydrogen) atoms. The smallest absolute Gasteiger partial charge is 0.352 e. The van der Waals surface area contributed by atoms with Crippen LogP contribution < -0.4 is 4.57 Å². The van der Waals surface area contributed by atoms with Crippen LogP contribution in [0.15, 0.2) is 54.5 Å². The Labute approximate surface area is 191 Å². The van der Waals surface area contributed by atoms with Gasteiger partial charge in [-0.2, -0.15) is 8.42 Å². The maximum atomic E-state index is 12.4. The molecule has 3 atom stereocenters. The molecule has 0 bridgehead atoms. The van der Waals surface area contributed by atoms with Crippen molar-refractivity contribution in [3.63, 3.8) is 0 Å². The van der Waals surface area contributed by atoms with E-state index >= 15 is 0 Å². The Balaban J connectivity index is 1.48. The van der Waals surface area contributed by atoms with Gasteiger partial charge in [-0.25, -0.2) is 9.36 Å². The van der Waals surface area contributed by atoms with Crippen LogP contribution in [0, 0.1) is 5.92 Å². The predicted molar refractivity (Wildman–Crippen MR) is 117 cm³/mol. The summed E-state index contributed by atoms with van der Waals surface area (Å²) < 4.78 is 32.5. The van der Waals surface area contributed by atoms with E-state index in [9.17, 15) is 28.2 Å². The van der Waals surface area contributed by atoms with E-state index < -0.39 is 28.1 Å². The van der Waals surface area contributed by atoms with Crippen molar-refractivity contribution in [2.24, 2.45) is 5.92 Å². The largest absolute Gasteiger partial charge is 0.477 e. The average Bonchev–Trinajstić information content (AvgIpc) is 3.08. The lowest BCUT2D eigenvalue weighted by atomic mass is 9.82. The molecule has 0 spiro atoms. The van der Waals surface area contributed by atoms with Gasteiger partial charge in [-0.05, 0) is 36.5 Å². The highest BCUT2D eigenvalue weighted by molar-refractivity contribution is 7.85. The fourth-order valence-electron chi connectivity index (χ4n) is 4.56. The van der Waals surface area contributed by atoms with E-state index in [1.54, 1.807) is 19.1 Å². The third kappa shape index (κ3) is 4.68. The van der Waals surface area contributed by atoms with E-state index in [-0.39, 0.29) is 29.8 Å². The van der Waals surface area contributed by atoms with Gasteiger partial charge in [-0.3, -0.25) is 9.35 Å². The topological polar surface area (TPSA) is 136 Å². The zero-order chi connectivity index (χ0) is 23.9. The summed E-state index contributed by atoms with van der Waals surface area (Å²) in [7, 11) is -4.00. The summed E-state index contributed by atoms with van der Waals surface area (Å²) in [4.78, 5) is 25.5. The van der Waals surface area contributed by atoms with Crippen molar-refractivity contribution in [3.05, 3.63) is 71.2 Å². The molecule has 4 rings (SSSR count). The minimum absolute atomic E-state index is 0.00972. The second-order valence-electron chi connectivity index (χ2n) is 8.49. The van der Waals surface area contributed by atoms with Crippen molar-refractivity contribution >= 4 is 27.6 Å². The van der Waals surface area contributed by atoms with Crippen LogP contribution in [0.4, 0.5) is 0 Å². The summed E-state index contributed by atoms with van der Waals surface area (Å²) in [6.45, 7) is 2.10. The molecular formula is C23H25N2O7S+. The number of β-lactam (4-membered cyclic amide) rings is 1. The second kappa shape index (κ2) is 8.69. The van der Waals surface area contributed by atoms with Crippen LogP contribution in [-0.4, -0.2) is 57.9 Å². The minimum atomic E-state index is -4.00. The highest BCUT2D eigenvalue weighted by Crippen LogP contribution is 2.46. The van der Waals surface area contributed by atoms with Crippen LogP contribution in [-0.2, 0) is 32.7 Å². The fourth-order valence-corrected chi connectivity index (χ4v) is 5.05. The van der Waals surface area contributed by atoms with Gasteiger partial charge in [0.05, 0.1) is 23.8 Å². The Morgan fingerprint density at radius 3 is 2.33 bits per heavy atom. The van der Waals surface area contributed by atoms with Gasteiger partial charge < -0.3 is 15.1 Å². The number of carboxylic acids is 1. The molecule has 10 heteroatoms. The van der Waals surface area contributed by atoms with Crippen molar-refractivity contribution in [1.29, 1.82) is 0 Å². The SMILES string of the molecule is C[C@@H](O)[C@H]1C(=O)N2C(C(=O)O)=C(c3ccc(C[n+]4ccc(CCS(=O)(=O)O)cc4)cc3)C[C@H]12. The molecule has 174 valence electrons. The Hall–Kier alpha value is -3.08. The molecule has 0 unspecified atom stereocenters. The van der Waals surface area contributed by atoms with Crippen LogP contribution in [0.5, 0.6) is 0 Å². The fraction of sp³-hybridized carbons (Fsp3) is 0.348. The number of benzene rings is 1. The van der Waals surface area contributed by atoms with Crippen molar-refractivity contribution in [1.82, 2.24) is 4.90 Å². The third-order valence-electron chi connectivity index (χ3n) is 6.21. The van der Waals surface area contributed by atoms with Gasteiger partial charge in [0.15, 0.2) is 18.9 Å². The monoisotopic (exact) mass is 473 g/mol. The maximum Gasteiger partial charge on any atom is 0.352 e. The molecule has 2 aromatic rings. The first-order valence-electron chi connectivity index (χ1n) is 10.5. The molecule has 1 saturated heterocycles. The Morgan fingerprint density at radius 1 is 1.15 bits per heavy atom. The number of aryl methyl sites for hydroxylation is 1. The number of aliphatic carboxylic acids is 1. The molecule has 2 aliphatic heterocycles. The summed E-state index contributed by atoms with van der Waals surface area (Å²) in [5.74, 6) is -2.41. The number of carbonyl (C=O) groups is 2. The van der Waals surface area contributed by atoms with Crippen LogP contribution in [0.25, 0.3) is 5.57 Å². The van der Waals surface area contributed by atoms with E-state index in [2.05, 4.69) is 0 Å². The van der Waals surface area contributed by atoms with Crippen LogP contribution in [0.3, 0.4) is 0 Å². The first-order chi connectivity index (χ1) is 15.5. The summed E-state index contributed by atoms with van der Waals surface area (Å²) in [5, 5.41) is 19.6. The molecule has 1 fully saturated rings. The van der Waals surface area contributed by atoms with Crippen molar-refractivity contribution in [2.45, 2.75) is 38.5 Å². The molecule has 0 radical (unpaired) electrons. The number of amides is 1. The van der Waals surface area contributed by atoms with Gasteiger partial charge in [0.25, 0.3) is 10.1 Å². The van der Waals surface area contributed by atoms with Gasteiger partial charge >= 0.3 is 5.97 Å². The maximum absolute atomic E-state index is 12.4. The summed E-state index contributed by atoms with van der Waals surface area (Å²) in [6, 6.07) is 10.7. The first-order valence-corrected chi connectivity index (χ1v) is 12.2. The number of aliphatic hydroxyl groups is 1. The summed E-state index contributed by atoms with van der Waals surface area (Å²) >= 11 is 0. The van der Waals surface area contributed by atoms with E-state index in [0.29, 0.717) is 18.5 Å². The first kappa shape index (κ1) is 23.1. The summed E-state index contributed by atoms with van der Waals surface area (Å²) in [5.41, 5.74) is 3.08. The Morgan fingerprint density at radius 2 is 1.79 bits per heavy atom. The van der Waals surface area contributed by atoms with E-state index in [4.69, 9.17) is 4.55 Å². The Bertz CT molecular complexity index is 1220. The standard InChI is InChI=1S/C23H24N2O7S/c1-14(26)20-19-12-18(21(23(28)29)25(19)22(20)27)17-4-2-16(3-5-17)13-24-9-6-15(7-10-24)8-11-33(30,31)32/h2-7,9-10,14,19-20,26H,8,11-13H2,1H3,(H-,28,29,30,31,32)/p+1/t14-,19-,20-/m1/s1. The zero-order valence-corrected chi connectivity index (χ0v) is 18.8. The zero-order valence-electron chi connectivity index (χ0n) is 18.0. The van der Waals surface area contributed by atoms with Crippen LogP contribution in [0.2, 0.25) is 0 Å². The van der Waals surface area contributed by atoms with E-state index in [1.807, 2.05) is 41.2 Å². The van der Waals surface area contributed by atoms with Crippen molar-refractivity contribution < 1.29 is 37.3 Å². The number of carboxylic acid groups (broad SMARTS) is 1. The number of carbonyl (C=O) groups excluding carboxylic acids is 1. The molecule has 3 heterocycles. The molecular weight excluding hydrogens is 448 g/mol. The number of nitrogens with zero attached hydrogens (tertiary/aromatic N) is 2. The van der Waals surface area contributed by atoms with Gasteiger partial charge in [-0.15, -0.1) is 0 Å². The lowest BCUT2D eigenvalue weighted by Gasteiger charge is -2.44. The highest BCUT2D eigenvalue weighted by Gasteiger charge is 2.56. The van der Waals surface area contributed by atoms with Crippen LogP contribution >= 0.6 is 0 Å². The minimum Gasteiger partial charge on any atom is -0.477 e. The van der Waals surface area contributed by atoms with Crippen molar-refractivity contribution in [3.8, 4) is 0 Å². The number of hydrogen-bond acceptors (Lipinski definition) is 5. The summed E-state index contributed by atoms with van der Waals surface area (Å²) in [6.07, 6.45) is 3.44. The lowest BCUT2D eigenvalue weighted by molar-refractivity contribution is -0.688. The normalized spacial score (nSPS) is 21.1. The van der Waals surface area contributed by atoms with E-state index in [0.717, 1.165) is 16.7 Å². The molecule has 9 nitrogen and oxygen atoms in total. The van der Waals surface area contributed by atoms with Gasteiger partial charge in [0.2, 0.25) is 5.91 Å². The third-order valence-corrected chi connectivity index (χ3v) is 6.93. The number of hydrogen-bond donors (Lipinski definition) is 3. The molecule has 2 aliphatic rings. The van der Waals surface area contributed by atoms with E-state index in [1.165, 1.54) is 4.90 Å².